The Bertz CT molecular complexity index is 292. The van der Waals surface area contributed by atoms with Gasteiger partial charge in [-0.25, -0.2) is 4.98 Å². The molecule has 3 nitrogen and oxygen atoms in total. The molecular weight excluding hydrogens is 176 g/mol. The van der Waals surface area contributed by atoms with Crippen molar-refractivity contribution in [3.05, 3.63) is 22.8 Å². The summed E-state index contributed by atoms with van der Waals surface area (Å²) in [4.78, 5) is 14.9. The molecule has 0 radical (unpaired) electrons. The normalized spacial score (nSPS) is 9.83. The average molecular weight is 185 g/mol. The van der Waals surface area contributed by atoms with E-state index in [4.69, 9.17) is 17.3 Å². The zero-order valence-electron chi connectivity index (χ0n) is 6.67. The molecule has 0 amide bonds. The second-order valence-electron chi connectivity index (χ2n) is 2.38. The van der Waals surface area contributed by atoms with Crippen LogP contribution in [0, 0.1) is 0 Å². The monoisotopic (exact) mass is 184 g/mol. The van der Waals surface area contributed by atoms with E-state index in [0.717, 1.165) is 0 Å². The van der Waals surface area contributed by atoms with Gasteiger partial charge in [0.2, 0.25) is 0 Å². The van der Waals surface area contributed by atoms with Crippen LogP contribution in [0.5, 0.6) is 0 Å². The fraction of sp³-hybridized carbons (Fsp3) is 0.250. The van der Waals surface area contributed by atoms with Crippen LogP contribution >= 0.6 is 11.6 Å². The summed E-state index contributed by atoms with van der Waals surface area (Å²) < 4.78 is 0. The first-order valence-corrected chi connectivity index (χ1v) is 3.97. The summed E-state index contributed by atoms with van der Waals surface area (Å²) in [5.41, 5.74) is 5.93. The Hall–Kier alpha value is -1.09. The highest BCUT2D eigenvalue weighted by molar-refractivity contribution is 6.29. The molecule has 64 valence electrons. The Labute approximate surface area is 75.6 Å². The summed E-state index contributed by atoms with van der Waals surface area (Å²) in [5, 5.41) is 0.256. The van der Waals surface area contributed by atoms with E-state index >= 15 is 0 Å². The third-order valence-corrected chi connectivity index (χ3v) is 1.65. The van der Waals surface area contributed by atoms with Gasteiger partial charge in [0.1, 0.15) is 11.0 Å². The molecule has 0 aliphatic rings. The molecule has 0 atom stereocenters. The maximum Gasteiger partial charge on any atom is 0.162 e. The summed E-state index contributed by atoms with van der Waals surface area (Å²) in [7, 11) is 0. The maximum absolute atomic E-state index is 11.2. The van der Waals surface area contributed by atoms with E-state index in [2.05, 4.69) is 4.98 Å². The van der Waals surface area contributed by atoms with Crippen molar-refractivity contribution in [3.63, 3.8) is 0 Å². The van der Waals surface area contributed by atoms with Crippen molar-refractivity contribution in [3.8, 4) is 0 Å². The van der Waals surface area contributed by atoms with Gasteiger partial charge in [0.25, 0.3) is 0 Å². The number of ketones is 1. The third kappa shape index (κ3) is 1.95. The van der Waals surface area contributed by atoms with Crippen LogP contribution in [0.3, 0.4) is 0 Å². The van der Waals surface area contributed by atoms with Crippen LogP contribution in [-0.2, 0) is 0 Å². The molecule has 1 aromatic rings. The Morgan fingerprint density at radius 3 is 2.83 bits per heavy atom. The summed E-state index contributed by atoms with van der Waals surface area (Å²) >= 11 is 5.61. The van der Waals surface area contributed by atoms with Crippen LogP contribution < -0.4 is 5.73 Å². The van der Waals surface area contributed by atoms with E-state index in [0.29, 0.717) is 12.0 Å². The number of carbonyl (C=O) groups excluding carboxylic acids is 1. The molecule has 0 aliphatic carbocycles. The van der Waals surface area contributed by atoms with E-state index in [1.54, 1.807) is 6.92 Å². The first-order valence-electron chi connectivity index (χ1n) is 3.59. The minimum absolute atomic E-state index is 0.0194. The Kier molecular flexibility index (Phi) is 2.65. The van der Waals surface area contributed by atoms with Gasteiger partial charge in [-0.2, -0.15) is 0 Å². The maximum atomic E-state index is 11.2. The first-order chi connectivity index (χ1) is 5.63. The van der Waals surface area contributed by atoms with Crippen molar-refractivity contribution in [2.45, 2.75) is 13.3 Å². The number of carbonyl (C=O) groups is 1. The number of pyridine rings is 1. The van der Waals surface area contributed by atoms with Crippen LogP contribution in [0.4, 0.5) is 5.82 Å². The molecule has 1 rings (SSSR count). The molecule has 12 heavy (non-hydrogen) atoms. The van der Waals surface area contributed by atoms with Crippen molar-refractivity contribution in [1.82, 2.24) is 4.98 Å². The van der Waals surface area contributed by atoms with Gasteiger partial charge in [-0.1, -0.05) is 18.5 Å². The van der Waals surface area contributed by atoms with Crippen LogP contribution in [0.25, 0.3) is 0 Å². The highest BCUT2D eigenvalue weighted by Gasteiger charge is 2.05. The molecule has 0 saturated heterocycles. The lowest BCUT2D eigenvalue weighted by Crippen LogP contribution is -1.99. The van der Waals surface area contributed by atoms with Crippen molar-refractivity contribution in [2.24, 2.45) is 0 Å². The molecule has 4 heteroatoms. The third-order valence-electron chi connectivity index (χ3n) is 1.46. The number of halogens is 1. The van der Waals surface area contributed by atoms with Crippen LogP contribution in [0.2, 0.25) is 5.15 Å². The fourth-order valence-corrected chi connectivity index (χ4v) is 1.10. The number of hydrogen-bond donors (Lipinski definition) is 1. The molecule has 1 heterocycles. The van der Waals surface area contributed by atoms with Gasteiger partial charge in [-0.05, 0) is 12.1 Å². The van der Waals surface area contributed by atoms with Gasteiger partial charge in [0.15, 0.2) is 5.78 Å². The van der Waals surface area contributed by atoms with Gasteiger partial charge in [0.05, 0.1) is 0 Å². The second-order valence-corrected chi connectivity index (χ2v) is 2.77. The molecule has 1 aromatic heterocycles. The summed E-state index contributed by atoms with van der Waals surface area (Å²) in [5.74, 6) is 0.297. The van der Waals surface area contributed by atoms with Crippen LogP contribution in [0.1, 0.15) is 23.7 Å². The number of nitrogens with zero attached hydrogens (tertiary/aromatic N) is 1. The molecular formula is C8H9ClN2O. The molecule has 0 unspecified atom stereocenters. The summed E-state index contributed by atoms with van der Waals surface area (Å²) in [6, 6.07) is 3.04. The Morgan fingerprint density at radius 1 is 1.67 bits per heavy atom. The number of anilines is 1. The zero-order valence-corrected chi connectivity index (χ0v) is 7.43. The Balaban J connectivity index is 3.08. The summed E-state index contributed by atoms with van der Waals surface area (Å²) in [6.45, 7) is 1.78. The van der Waals surface area contributed by atoms with Crippen LogP contribution in [-0.4, -0.2) is 10.8 Å². The molecule has 0 bridgehead atoms. The average Bonchev–Trinajstić information content (AvgIpc) is 2.01. The van der Waals surface area contributed by atoms with Crippen molar-refractivity contribution in [2.75, 3.05) is 5.73 Å². The van der Waals surface area contributed by atoms with E-state index in [9.17, 15) is 4.79 Å². The quantitative estimate of drug-likeness (QED) is 0.564. The van der Waals surface area contributed by atoms with Gasteiger partial charge < -0.3 is 5.73 Å². The topological polar surface area (TPSA) is 56.0 Å². The lowest BCUT2D eigenvalue weighted by molar-refractivity contribution is 0.0988. The van der Waals surface area contributed by atoms with Gasteiger partial charge >= 0.3 is 0 Å². The van der Waals surface area contributed by atoms with Crippen molar-refractivity contribution < 1.29 is 4.79 Å². The van der Waals surface area contributed by atoms with Gasteiger partial charge in [0, 0.05) is 12.0 Å². The smallest absolute Gasteiger partial charge is 0.162 e. The van der Waals surface area contributed by atoms with Crippen LogP contribution in [0.15, 0.2) is 12.1 Å². The minimum atomic E-state index is 0.0194. The number of Topliss-reactive ketones (excluding diaryl/α,β-unsaturated/α-hetero) is 1. The number of nitrogens with two attached hydrogens (primary N) is 1. The molecule has 0 saturated carbocycles. The van der Waals surface area contributed by atoms with Gasteiger partial charge in [-0.15, -0.1) is 0 Å². The van der Waals surface area contributed by atoms with E-state index in [1.807, 2.05) is 0 Å². The largest absolute Gasteiger partial charge is 0.384 e. The fourth-order valence-electron chi connectivity index (χ4n) is 0.882. The predicted molar refractivity (Wildman–Crippen MR) is 48.3 cm³/mol. The molecule has 0 fully saturated rings. The first kappa shape index (κ1) is 9.00. The SMILES string of the molecule is CCC(=O)c1cc(N)nc(Cl)c1. The Morgan fingerprint density at radius 2 is 2.33 bits per heavy atom. The number of aromatic nitrogens is 1. The number of hydrogen-bond acceptors (Lipinski definition) is 3. The highest BCUT2D eigenvalue weighted by atomic mass is 35.5. The lowest BCUT2D eigenvalue weighted by Gasteiger charge is -1.99. The zero-order chi connectivity index (χ0) is 9.14. The van der Waals surface area contributed by atoms with Gasteiger partial charge in [-0.3, -0.25) is 4.79 Å². The second kappa shape index (κ2) is 3.54. The summed E-state index contributed by atoms with van der Waals surface area (Å²) in [6.07, 6.45) is 0.444. The molecule has 2 N–H and O–H groups in total. The predicted octanol–water partition coefficient (Wildman–Crippen LogP) is 1.91. The highest BCUT2D eigenvalue weighted by Crippen LogP contribution is 2.13. The minimum Gasteiger partial charge on any atom is -0.384 e. The standard InChI is InChI=1S/C8H9ClN2O/c1-2-6(12)5-3-7(9)11-8(10)4-5/h3-4H,2H2,1H3,(H2,10,11). The lowest BCUT2D eigenvalue weighted by atomic mass is 10.1. The van der Waals surface area contributed by atoms with E-state index in [1.165, 1.54) is 12.1 Å². The van der Waals surface area contributed by atoms with E-state index in [-0.39, 0.29) is 16.8 Å². The molecule has 0 aliphatic heterocycles. The number of rotatable bonds is 2. The molecule has 0 spiro atoms. The molecule has 0 aromatic carbocycles. The number of nitrogen functional groups attached to an aromatic ring is 1. The van der Waals surface area contributed by atoms with Crippen molar-refractivity contribution in [1.29, 1.82) is 0 Å². The van der Waals surface area contributed by atoms with Crippen molar-refractivity contribution >= 4 is 23.2 Å². The van der Waals surface area contributed by atoms with E-state index < -0.39 is 0 Å².